The Labute approximate surface area is 174 Å². The van der Waals surface area contributed by atoms with E-state index in [0.29, 0.717) is 28.8 Å². The van der Waals surface area contributed by atoms with E-state index in [4.69, 9.17) is 25.8 Å². The van der Waals surface area contributed by atoms with E-state index in [9.17, 15) is 4.79 Å². The van der Waals surface area contributed by atoms with Gasteiger partial charge in [0.25, 0.3) is 0 Å². The van der Waals surface area contributed by atoms with E-state index >= 15 is 0 Å². The van der Waals surface area contributed by atoms with Crippen molar-refractivity contribution < 1.29 is 19.0 Å². The van der Waals surface area contributed by atoms with Gasteiger partial charge in [-0.2, -0.15) is 5.10 Å². The van der Waals surface area contributed by atoms with E-state index < -0.39 is 6.09 Å². The van der Waals surface area contributed by atoms with Crippen molar-refractivity contribution in [1.82, 2.24) is 9.78 Å². The van der Waals surface area contributed by atoms with Crippen molar-refractivity contribution in [3.8, 4) is 11.5 Å². The Balaban J connectivity index is 1.50. The summed E-state index contributed by atoms with van der Waals surface area (Å²) in [5, 5.41) is 7.48. The molecule has 0 saturated carbocycles. The van der Waals surface area contributed by atoms with Crippen LogP contribution < -0.4 is 14.8 Å². The molecule has 29 heavy (non-hydrogen) atoms. The molecule has 3 rings (SSSR count). The lowest BCUT2D eigenvalue weighted by Crippen LogP contribution is -2.13. The van der Waals surface area contributed by atoms with Crippen LogP contribution >= 0.6 is 11.6 Å². The van der Waals surface area contributed by atoms with Crippen molar-refractivity contribution in [3.05, 3.63) is 71.0 Å². The molecule has 0 bridgehead atoms. The van der Waals surface area contributed by atoms with Gasteiger partial charge in [-0.1, -0.05) is 35.9 Å². The zero-order valence-electron chi connectivity index (χ0n) is 16.2. The number of hydrogen-bond donors (Lipinski definition) is 1. The van der Waals surface area contributed by atoms with E-state index in [1.165, 1.54) is 0 Å². The fourth-order valence-corrected chi connectivity index (χ4v) is 2.93. The number of nitrogens with one attached hydrogen (secondary N) is 1. The van der Waals surface area contributed by atoms with Crippen molar-refractivity contribution in [2.75, 3.05) is 19.5 Å². The minimum atomic E-state index is -0.565. The number of aryl methyl sites for hydroxylation is 2. The molecule has 1 aromatic heterocycles. The number of methoxy groups -OCH3 is 2. The van der Waals surface area contributed by atoms with Gasteiger partial charge in [-0.05, 0) is 30.2 Å². The number of hydrogen-bond acceptors (Lipinski definition) is 5. The van der Waals surface area contributed by atoms with Crippen LogP contribution in [0.3, 0.4) is 0 Å². The average molecular weight is 416 g/mol. The first-order valence-electron chi connectivity index (χ1n) is 8.99. The highest BCUT2D eigenvalue weighted by Gasteiger charge is 2.08. The number of rotatable bonds is 8. The second-order valence-corrected chi connectivity index (χ2v) is 6.63. The summed E-state index contributed by atoms with van der Waals surface area (Å²) in [6, 6.07) is 13.0. The summed E-state index contributed by atoms with van der Waals surface area (Å²) < 4.78 is 17.5. The third kappa shape index (κ3) is 5.65. The summed E-state index contributed by atoms with van der Waals surface area (Å²) in [6.07, 6.45) is 3.51. The number of carbonyl (C=O) groups excluding carboxylic acids is 1. The summed E-state index contributed by atoms with van der Waals surface area (Å²) in [7, 11) is 3.22. The third-order valence-corrected chi connectivity index (χ3v) is 4.64. The summed E-state index contributed by atoms with van der Waals surface area (Å²) in [6.45, 7) is 0.741. The molecule has 1 N–H and O–H groups in total. The highest BCUT2D eigenvalue weighted by molar-refractivity contribution is 6.31. The van der Waals surface area contributed by atoms with Crippen LogP contribution in [-0.2, 0) is 24.3 Å². The standard InChI is InChI=1S/C21H22ClN3O4/c1-27-19-8-7-15(11-20(19)28-2)9-10-25-13-17(12-23-25)24-21(26)29-14-16-5-3-4-6-18(16)22/h3-8,11-13H,9-10,14H2,1-2H3,(H,24,26). The Hall–Kier alpha value is -3.19. The first kappa shape index (κ1) is 20.5. The average Bonchev–Trinajstić information content (AvgIpc) is 3.18. The molecule has 7 nitrogen and oxygen atoms in total. The Kier molecular flexibility index (Phi) is 6.97. The number of anilines is 1. The van der Waals surface area contributed by atoms with Gasteiger partial charge in [0, 0.05) is 23.3 Å². The smallest absolute Gasteiger partial charge is 0.412 e. The van der Waals surface area contributed by atoms with Gasteiger partial charge >= 0.3 is 6.09 Å². The van der Waals surface area contributed by atoms with Gasteiger partial charge in [0.1, 0.15) is 6.61 Å². The topological polar surface area (TPSA) is 74.6 Å². The lowest BCUT2D eigenvalue weighted by Gasteiger charge is -2.09. The zero-order valence-corrected chi connectivity index (χ0v) is 17.0. The van der Waals surface area contributed by atoms with Crippen LogP contribution in [0.1, 0.15) is 11.1 Å². The molecule has 1 heterocycles. The molecular weight excluding hydrogens is 394 g/mol. The van der Waals surface area contributed by atoms with Gasteiger partial charge in [0.15, 0.2) is 11.5 Å². The van der Waals surface area contributed by atoms with Gasteiger partial charge in [0.2, 0.25) is 0 Å². The van der Waals surface area contributed by atoms with Crippen LogP contribution in [-0.4, -0.2) is 30.1 Å². The van der Waals surface area contributed by atoms with Crippen molar-refractivity contribution in [2.45, 2.75) is 19.6 Å². The molecule has 0 aliphatic rings. The molecule has 3 aromatic rings. The van der Waals surface area contributed by atoms with Crippen LogP contribution in [0, 0.1) is 0 Å². The number of amides is 1. The highest BCUT2D eigenvalue weighted by Crippen LogP contribution is 2.27. The molecule has 0 atom stereocenters. The van der Waals surface area contributed by atoms with E-state index in [2.05, 4.69) is 10.4 Å². The molecule has 2 aromatic carbocycles. The molecule has 0 saturated heterocycles. The summed E-state index contributed by atoms with van der Waals surface area (Å²) in [4.78, 5) is 12.0. The molecule has 8 heteroatoms. The summed E-state index contributed by atoms with van der Waals surface area (Å²) in [5.74, 6) is 1.38. The predicted molar refractivity (Wildman–Crippen MR) is 111 cm³/mol. The van der Waals surface area contributed by atoms with Crippen LogP contribution in [0.2, 0.25) is 5.02 Å². The number of aromatic nitrogens is 2. The number of ether oxygens (including phenoxy) is 3. The number of carbonyl (C=O) groups is 1. The number of nitrogens with zero attached hydrogens (tertiary/aromatic N) is 2. The first-order chi connectivity index (χ1) is 14.1. The summed E-state index contributed by atoms with van der Waals surface area (Å²) in [5.41, 5.74) is 2.39. The molecule has 0 unspecified atom stereocenters. The normalized spacial score (nSPS) is 10.4. The molecular formula is C21H22ClN3O4. The van der Waals surface area contributed by atoms with Crippen molar-refractivity contribution in [3.63, 3.8) is 0 Å². The lowest BCUT2D eigenvalue weighted by atomic mass is 10.1. The molecule has 0 radical (unpaired) electrons. The van der Waals surface area contributed by atoms with Crippen LogP contribution in [0.5, 0.6) is 11.5 Å². The van der Waals surface area contributed by atoms with Gasteiger partial charge in [-0.15, -0.1) is 0 Å². The van der Waals surface area contributed by atoms with Crippen molar-refractivity contribution in [1.29, 1.82) is 0 Å². The van der Waals surface area contributed by atoms with E-state index in [0.717, 1.165) is 17.5 Å². The Morgan fingerprint density at radius 3 is 2.69 bits per heavy atom. The minimum Gasteiger partial charge on any atom is -0.493 e. The maximum atomic E-state index is 12.0. The van der Waals surface area contributed by atoms with E-state index in [1.54, 1.807) is 37.4 Å². The molecule has 0 aliphatic heterocycles. The fourth-order valence-electron chi connectivity index (χ4n) is 2.74. The van der Waals surface area contributed by atoms with E-state index in [1.807, 2.05) is 36.4 Å². The van der Waals surface area contributed by atoms with Gasteiger partial charge in [-0.3, -0.25) is 10.00 Å². The quantitative estimate of drug-likeness (QED) is 0.584. The zero-order chi connectivity index (χ0) is 20.6. The number of benzene rings is 2. The Morgan fingerprint density at radius 1 is 1.14 bits per heavy atom. The Morgan fingerprint density at radius 2 is 1.93 bits per heavy atom. The second-order valence-electron chi connectivity index (χ2n) is 6.22. The highest BCUT2D eigenvalue weighted by atomic mass is 35.5. The first-order valence-corrected chi connectivity index (χ1v) is 9.37. The molecule has 152 valence electrons. The van der Waals surface area contributed by atoms with Crippen LogP contribution in [0.25, 0.3) is 0 Å². The third-order valence-electron chi connectivity index (χ3n) is 4.27. The maximum Gasteiger partial charge on any atom is 0.412 e. The largest absolute Gasteiger partial charge is 0.493 e. The van der Waals surface area contributed by atoms with Gasteiger partial charge in [-0.25, -0.2) is 4.79 Å². The van der Waals surface area contributed by atoms with Gasteiger partial charge in [0.05, 0.1) is 26.1 Å². The SMILES string of the molecule is COc1ccc(CCn2cc(NC(=O)OCc3ccccc3Cl)cn2)cc1OC. The summed E-state index contributed by atoms with van der Waals surface area (Å²) >= 11 is 6.05. The Bertz CT molecular complexity index is 974. The van der Waals surface area contributed by atoms with Crippen molar-refractivity contribution >= 4 is 23.4 Å². The minimum absolute atomic E-state index is 0.0962. The lowest BCUT2D eigenvalue weighted by molar-refractivity contribution is 0.155. The van der Waals surface area contributed by atoms with Gasteiger partial charge < -0.3 is 14.2 Å². The molecule has 1 amide bonds. The fraction of sp³-hybridized carbons (Fsp3) is 0.238. The van der Waals surface area contributed by atoms with Crippen molar-refractivity contribution in [2.24, 2.45) is 0 Å². The molecule has 0 fully saturated rings. The molecule has 0 spiro atoms. The molecule has 0 aliphatic carbocycles. The van der Waals surface area contributed by atoms with E-state index in [-0.39, 0.29) is 6.61 Å². The maximum absolute atomic E-state index is 12.0. The second kappa shape index (κ2) is 9.84. The predicted octanol–water partition coefficient (Wildman–Crippen LogP) is 4.55. The van der Waals surface area contributed by atoms with Crippen LogP contribution in [0.4, 0.5) is 10.5 Å². The van der Waals surface area contributed by atoms with Crippen LogP contribution in [0.15, 0.2) is 54.9 Å². The number of halogens is 1. The monoisotopic (exact) mass is 415 g/mol.